The van der Waals surface area contributed by atoms with E-state index in [0.717, 1.165) is 0 Å². The summed E-state index contributed by atoms with van der Waals surface area (Å²) in [5.41, 5.74) is 1.07. The van der Waals surface area contributed by atoms with Gasteiger partial charge in [0, 0.05) is 23.4 Å². The van der Waals surface area contributed by atoms with Crippen molar-refractivity contribution >= 4 is 52.5 Å². The molecule has 2 N–H and O–H groups in total. The Morgan fingerprint density at radius 1 is 0.903 bits per heavy atom. The highest BCUT2D eigenvalue weighted by Gasteiger charge is 2.16. The molecule has 0 aliphatic rings. The van der Waals surface area contributed by atoms with Crippen molar-refractivity contribution in [3.63, 3.8) is 0 Å². The summed E-state index contributed by atoms with van der Waals surface area (Å²) in [4.78, 5) is 35.8. The standard InChI is InChI=1S/C22H15Cl2N3O4/c23-18-11-8-16(13-19(18)24)25-22(29)20(26-21(28)15-4-2-1-3-5-15)12-14-6-9-17(10-7-14)27(30)31/h1-13H,(H,25,29)(H,26,28)/b20-12-. The number of hydrogen-bond donors (Lipinski definition) is 2. The van der Waals surface area contributed by atoms with Gasteiger partial charge < -0.3 is 10.6 Å². The molecule has 31 heavy (non-hydrogen) atoms. The number of halogens is 2. The number of nitro benzene ring substituents is 1. The smallest absolute Gasteiger partial charge is 0.272 e. The van der Waals surface area contributed by atoms with Crippen molar-refractivity contribution in [2.24, 2.45) is 0 Å². The highest BCUT2D eigenvalue weighted by molar-refractivity contribution is 6.42. The fraction of sp³-hybridized carbons (Fsp3) is 0. The third-order valence-electron chi connectivity index (χ3n) is 4.12. The van der Waals surface area contributed by atoms with Crippen LogP contribution in [0.5, 0.6) is 0 Å². The molecule has 0 fully saturated rings. The normalized spacial score (nSPS) is 11.0. The van der Waals surface area contributed by atoms with Crippen LogP contribution >= 0.6 is 23.2 Å². The zero-order valence-corrected chi connectivity index (χ0v) is 17.4. The van der Waals surface area contributed by atoms with Crippen LogP contribution in [0.25, 0.3) is 6.08 Å². The van der Waals surface area contributed by atoms with Crippen molar-refractivity contribution < 1.29 is 14.5 Å². The average Bonchev–Trinajstić information content (AvgIpc) is 2.76. The zero-order chi connectivity index (χ0) is 22.4. The Hall–Kier alpha value is -3.68. The number of non-ortho nitro benzene ring substituents is 1. The lowest BCUT2D eigenvalue weighted by molar-refractivity contribution is -0.384. The van der Waals surface area contributed by atoms with Crippen molar-refractivity contribution in [2.75, 3.05) is 5.32 Å². The number of anilines is 1. The third-order valence-corrected chi connectivity index (χ3v) is 4.86. The maximum absolute atomic E-state index is 12.9. The first-order chi connectivity index (χ1) is 14.8. The first kappa shape index (κ1) is 22.0. The van der Waals surface area contributed by atoms with Crippen molar-refractivity contribution in [2.45, 2.75) is 0 Å². The van der Waals surface area contributed by atoms with Crippen LogP contribution in [0, 0.1) is 10.1 Å². The maximum Gasteiger partial charge on any atom is 0.272 e. The molecule has 0 aliphatic carbocycles. The monoisotopic (exact) mass is 455 g/mol. The van der Waals surface area contributed by atoms with Crippen molar-refractivity contribution in [3.8, 4) is 0 Å². The Morgan fingerprint density at radius 3 is 2.19 bits per heavy atom. The van der Waals surface area contributed by atoms with Gasteiger partial charge in [0.25, 0.3) is 17.5 Å². The molecular weight excluding hydrogens is 441 g/mol. The van der Waals surface area contributed by atoms with Crippen molar-refractivity contribution in [1.82, 2.24) is 5.32 Å². The van der Waals surface area contributed by atoms with Crippen LogP contribution in [0.3, 0.4) is 0 Å². The second-order valence-corrected chi connectivity index (χ2v) is 7.12. The summed E-state index contributed by atoms with van der Waals surface area (Å²) >= 11 is 11.9. The molecule has 156 valence electrons. The molecule has 0 saturated carbocycles. The van der Waals surface area contributed by atoms with Gasteiger partial charge >= 0.3 is 0 Å². The summed E-state index contributed by atoms with van der Waals surface area (Å²) in [6, 6.07) is 18.5. The van der Waals surface area contributed by atoms with Crippen LogP contribution in [0.2, 0.25) is 10.0 Å². The molecule has 0 aliphatic heterocycles. The molecule has 9 heteroatoms. The highest BCUT2D eigenvalue weighted by Crippen LogP contribution is 2.25. The molecule has 3 aromatic carbocycles. The number of benzene rings is 3. The fourth-order valence-electron chi connectivity index (χ4n) is 2.57. The number of nitrogens with zero attached hydrogens (tertiary/aromatic N) is 1. The van der Waals surface area contributed by atoms with E-state index in [-0.39, 0.29) is 16.4 Å². The van der Waals surface area contributed by atoms with E-state index in [2.05, 4.69) is 10.6 Å². The zero-order valence-electron chi connectivity index (χ0n) is 15.8. The summed E-state index contributed by atoms with van der Waals surface area (Å²) < 4.78 is 0. The Balaban J connectivity index is 1.90. The summed E-state index contributed by atoms with van der Waals surface area (Å²) in [7, 11) is 0. The van der Waals surface area contributed by atoms with Crippen LogP contribution in [-0.2, 0) is 4.79 Å². The van der Waals surface area contributed by atoms with Gasteiger partial charge in [0.1, 0.15) is 5.70 Å². The first-order valence-corrected chi connectivity index (χ1v) is 9.68. The van der Waals surface area contributed by atoms with E-state index in [0.29, 0.717) is 21.8 Å². The number of hydrogen-bond acceptors (Lipinski definition) is 4. The average molecular weight is 456 g/mol. The van der Waals surface area contributed by atoms with E-state index >= 15 is 0 Å². The highest BCUT2D eigenvalue weighted by atomic mass is 35.5. The molecule has 0 saturated heterocycles. The lowest BCUT2D eigenvalue weighted by Crippen LogP contribution is -2.30. The van der Waals surface area contributed by atoms with Gasteiger partial charge in [-0.1, -0.05) is 41.4 Å². The molecule has 0 atom stereocenters. The molecular formula is C22H15Cl2N3O4. The Kier molecular flexibility index (Phi) is 7.02. The first-order valence-electron chi connectivity index (χ1n) is 8.92. The molecule has 0 heterocycles. The molecule has 0 aromatic heterocycles. The van der Waals surface area contributed by atoms with Gasteiger partial charge in [0.15, 0.2) is 0 Å². The predicted molar refractivity (Wildman–Crippen MR) is 120 cm³/mol. The molecule has 0 spiro atoms. The Morgan fingerprint density at radius 2 is 1.58 bits per heavy atom. The lowest BCUT2D eigenvalue weighted by atomic mass is 10.1. The number of nitro groups is 1. The summed E-state index contributed by atoms with van der Waals surface area (Å²) in [6.07, 6.45) is 1.41. The van der Waals surface area contributed by atoms with E-state index in [4.69, 9.17) is 23.2 Å². The number of carbonyl (C=O) groups excluding carboxylic acids is 2. The number of carbonyl (C=O) groups is 2. The summed E-state index contributed by atoms with van der Waals surface area (Å²) in [6.45, 7) is 0. The molecule has 2 amide bonds. The third kappa shape index (κ3) is 5.91. The van der Waals surface area contributed by atoms with Crippen LogP contribution in [0.15, 0.2) is 78.5 Å². The topological polar surface area (TPSA) is 101 Å². The second-order valence-electron chi connectivity index (χ2n) is 6.31. The van der Waals surface area contributed by atoms with Gasteiger partial charge in [-0.3, -0.25) is 19.7 Å². The van der Waals surface area contributed by atoms with Gasteiger partial charge in [-0.25, -0.2) is 0 Å². The van der Waals surface area contributed by atoms with Gasteiger partial charge in [-0.15, -0.1) is 0 Å². The summed E-state index contributed by atoms with van der Waals surface area (Å²) in [5, 5.41) is 16.7. The van der Waals surface area contributed by atoms with E-state index in [1.807, 2.05) is 0 Å². The molecule has 0 unspecified atom stereocenters. The second kappa shape index (κ2) is 9.88. The fourth-order valence-corrected chi connectivity index (χ4v) is 2.87. The largest absolute Gasteiger partial charge is 0.321 e. The van der Waals surface area contributed by atoms with Crippen molar-refractivity contribution in [1.29, 1.82) is 0 Å². The predicted octanol–water partition coefficient (Wildman–Crippen LogP) is 5.31. The quantitative estimate of drug-likeness (QED) is 0.298. The minimum absolute atomic E-state index is 0.0613. The van der Waals surface area contributed by atoms with Gasteiger partial charge in [-0.2, -0.15) is 0 Å². The molecule has 0 bridgehead atoms. The van der Waals surface area contributed by atoms with Gasteiger partial charge in [0.05, 0.1) is 15.0 Å². The molecule has 0 radical (unpaired) electrons. The molecule has 3 rings (SSSR count). The molecule has 3 aromatic rings. The Bertz CT molecular complexity index is 1160. The molecule has 7 nitrogen and oxygen atoms in total. The number of rotatable bonds is 6. The van der Waals surface area contributed by atoms with E-state index < -0.39 is 16.7 Å². The van der Waals surface area contributed by atoms with Gasteiger partial charge in [0.2, 0.25) is 0 Å². The van der Waals surface area contributed by atoms with E-state index in [9.17, 15) is 19.7 Å². The lowest BCUT2D eigenvalue weighted by Gasteiger charge is -2.12. The van der Waals surface area contributed by atoms with Crippen molar-refractivity contribution in [3.05, 3.63) is 110 Å². The van der Waals surface area contributed by atoms with E-state index in [1.54, 1.807) is 36.4 Å². The SMILES string of the molecule is O=C(Nc1ccc(Cl)c(Cl)c1)/C(=C/c1ccc([N+](=O)[O-])cc1)NC(=O)c1ccccc1. The van der Waals surface area contributed by atoms with Crippen LogP contribution in [0.4, 0.5) is 11.4 Å². The van der Waals surface area contributed by atoms with Crippen LogP contribution in [0.1, 0.15) is 15.9 Å². The Labute approximate surface area is 187 Å². The minimum atomic E-state index is -0.610. The summed E-state index contributed by atoms with van der Waals surface area (Å²) in [5.74, 6) is -1.10. The maximum atomic E-state index is 12.9. The van der Waals surface area contributed by atoms with E-state index in [1.165, 1.54) is 42.5 Å². The number of amides is 2. The van der Waals surface area contributed by atoms with Gasteiger partial charge in [-0.05, 0) is 54.1 Å². The minimum Gasteiger partial charge on any atom is -0.321 e. The number of nitrogens with one attached hydrogen (secondary N) is 2. The van der Waals surface area contributed by atoms with Crippen LogP contribution in [-0.4, -0.2) is 16.7 Å². The van der Waals surface area contributed by atoms with Crippen LogP contribution < -0.4 is 10.6 Å².